The third-order valence-electron chi connectivity index (χ3n) is 5.35. The maximum Gasteiger partial charge on any atom is 0.259 e. The van der Waals surface area contributed by atoms with Crippen molar-refractivity contribution in [2.24, 2.45) is 5.10 Å². The summed E-state index contributed by atoms with van der Waals surface area (Å²) in [6, 6.07) is 22.7. The maximum absolute atomic E-state index is 13.2. The normalized spacial score (nSPS) is 11.1. The molecule has 0 atom stereocenters. The van der Waals surface area contributed by atoms with Crippen LogP contribution in [0.2, 0.25) is 0 Å². The monoisotopic (exact) mass is 424 g/mol. The summed E-state index contributed by atoms with van der Waals surface area (Å²) in [5.74, 6) is -0.318. The predicted molar refractivity (Wildman–Crippen MR) is 127 cm³/mol. The summed E-state index contributed by atoms with van der Waals surface area (Å²) in [4.78, 5) is 25.4. The molecule has 0 aliphatic carbocycles. The number of anilines is 1. The number of pyridine rings is 1. The lowest BCUT2D eigenvalue weighted by Gasteiger charge is -2.07. The number of hydrogen-bond acceptors (Lipinski definition) is 4. The highest BCUT2D eigenvalue weighted by Crippen LogP contribution is 2.24. The molecule has 2 aromatic carbocycles. The topological polar surface area (TPSA) is 75.0 Å². The van der Waals surface area contributed by atoms with Crippen LogP contribution in [-0.2, 0) is 4.79 Å². The first-order valence-corrected chi connectivity index (χ1v) is 10.4. The van der Waals surface area contributed by atoms with Crippen LogP contribution in [0.4, 0.5) is 5.69 Å². The SMILES string of the molecule is Cc1ccccc1NCC(=O)NN=Cc1c(C)c(C(=O)c2ccccc2)n2ccccc12. The molecule has 0 saturated carbocycles. The molecular weight excluding hydrogens is 400 g/mol. The van der Waals surface area contributed by atoms with Gasteiger partial charge in [0.15, 0.2) is 0 Å². The standard InChI is InChI=1S/C26H24N4O2/c1-18-10-6-7-13-22(18)27-17-24(31)29-28-16-21-19(2)25(30-15-9-8-14-23(21)30)26(32)20-11-4-3-5-12-20/h3-16,27H,17H2,1-2H3,(H,29,31). The van der Waals surface area contributed by atoms with Crippen molar-refractivity contribution in [3.63, 3.8) is 0 Å². The molecule has 0 aliphatic rings. The molecular formula is C26H24N4O2. The van der Waals surface area contributed by atoms with E-state index in [1.165, 1.54) is 0 Å². The molecule has 0 fully saturated rings. The molecule has 2 N–H and O–H groups in total. The van der Waals surface area contributed by atoms with Crippen molar-refractivity contribution in [2.45, 2.75) is 13.8 Å². The maximum atomic E-state index is 13.2. The van der Waals surface area contributed by atoms with E-state index < -0.39 is 0 Å². The second kappa shape index (κ2) is 9.31. The minimum absolute atomic E-state index is 0.0598. The van der Waals surface area contributed by atoms with Gasteiger partial charge in [-0.2, -0.15) is 5.10 Å². The number of ketones is 1. The number of carbonyl (C=O) groups excluding carboxylic acids is 2. The number of aromatic nitrogens is 1. The fourth-order valence-corrected chi connectivity index (χ4v) is 3.68. The fraction of sp³-hybridized carbons (Fsp3) is 0.115. The van der Waals surface area contributed by atoms with Crippen LogP contribution in [0.15, 0.2) is 84.1 Å². The van der Waals surface area contributed by atoms with E-state index in [0.29, 0.717) is 11.3 Å². The van der Waals surface area contributed by atoms with Crippen molar-refractivity contribution in [3.05, 3.63) is 107 Å². The number of nitrogens with one attached hydrogen (secondary N) is 2. The average Bonchev–Trinajstić information content (AvgIpc) is 3.10. The van der Waals surface area contributed by atoms with Crippen LogP contribution >= 0.6 is 0 Å². The first kappa shape index (κ1) is 21.1. The molecule has 0 saturated heterocycles. The van der Waals surface area contributed by atoms with Gasteiger partial charge in [0.05, 0.1) is 24.0 Å². The Morgan fingerprint density at radius 2 is 1.66 bits per heavy atom. The van der Waals surface area contributed by atoms with Crippen molar-refractivity contribution in [1.29, 1.82) is 0 Å². The number of benzene rings is 2. The summed E-state index contributed by atoms with van der Waals surface area (Å²) in [5.41, 5.74) is 8.18. The van der Waals surface area contributed by atoms with E-state index >= 15 is 0 Å². The van der Waals surface area contributed by atoms with Gasteiger partial charge in [-0.25, -0.2) is 5.43 Å². The second-order valence-corrected chi connectivity index (χ2v) is 7.50. The number of rotatable bonds is 7. The Labute approximate surface area is 186 Å². The number of nitrogens with zero attached hydrogens (tertiary/aromatic N) is 2. The minimum atomic E-state index is -0.258. The predicted octanol–water partition coefficient (Wildman–Crippen LogP) is 4.35. The molecule has 1 amide bonds. The van der Waals surface area contributed by atoms with Gasteiger partial charge < -0.3 is 9.72 Å². The fourth-order valence-electron chi connectivity index (χ4n) is 3.68. The first-order valence-electron chi connectivity index (χ1n) is 10.4. The van der Waals surface area contributed by atoms with Crippen LogP contribution in [0.5, 0.6) is 0 Å². The van der Waals surface area contributed by atoms with Crippen molar-refractivity contribution in [3.8, 4) is 0 Å². The minimum Gasteiger partial charge on any atom is -0.376 e. The van der Waals surface area contributed by atoms with Crippen LogP contribution < -0.4 is 10.7 Å². The van der Waals surface area contributed by atoms with E-state index in [1.807, 2.05) is 85.1 Å². The molecule has 0 aliphatic heterocycles. The average molecular weight is 425 g/mol. The third-order valence-corrected chi connectivity index (χ3v) is 5.35. The Bertz CT molecular complexity index is 1310. The van der Waals surface area contributed by atoms with Gasteiger partial charge in [-0.3, -0.25) is 9.59 Å². The smallest absolute Gasteiger partial charge is 0.259 e. The van der Waals surface area contributed by atoms with E-state index in [0.717, 1.165) is 27.9 Å². The highest BCUT2D eigenvalue weighted by atomic mass is 16.2. The van der Waals surface area contributed by atoms with E-state index in [9.17, 15) is 9.59 Å². The summed E-state index contributed by atoms with van der Waals surface area (Å²) in [7, 11) is 0. The van der Waals surface area contributed by atoms with Gasteiger partial charge in [0, 0.05) is 23.0 Å². The van der Waals surface area contributed by atoms with Crippen molar-refractivity contribution < 1.29 is 9.59 Å². The molecule has 32 heavy (non-hydrogen) atoms. The lowest BCUT2D eigenvalue weighted by Crippen LogP contribution is -2.26. The lowest BCUT2D eigenvalue weighted by atomic mass is 10.0. The Balaban J connectivity index is 1.54. The summed E-state index contributed by atoms with van der Waals surface area (Å²) in [6.07, 6.45) is 3.46. The van der Waals surface area contributed by atoms with Gasteiger partial charge in [0.25, 0.3) is 5.91 Å². The Hall–Kier alpha value is -4.19. The van der Waals surface area contributed by atoms with Crippen LogP contribution in [0.1, 0.15) is 32.7 Å². The van der Waals surface area contributed by atoms with Crippen LogP contribution in [0, 0.1) is 13.8 Å². The third kappa shape index (κ3) is 4.30. The number of hydrazone groups is 1. The van der Waals surface area contributed by atoms with Crippen molar-refractivity contribution in [1.82, 2.24) is 9.83 Å². The quantitative estimate of drug-likeness (QED) is 0.263. The van der Waals surface area contributed by atoms with Gasteiger partial charge in [-0.1, -0.05) is 54.6 Å². The number of amides is 1. The Morgan fingerprint density at radius 1 is 0.938 bits per heavy atom. The number of aryl methyl sites for hydroxylation is 1. The number of hydrogen-bond donors (Lipinski definition) is 2. The summed E-state index contributed by atoms with van der Waals surface area (Å²) in [6.45, 7) is 3.98. The van der Waals surface area contributed by atoms with Gasteiger partial charge in [0.1, 0.15) is 0 Å². The zero-order valence-corrected chi connectivity index (χ0v) is 18.0. The van der Waals surface area contributed by atoms with E-state index in [-0.39, 0.29) is 18.2 Å². The molecule has 2 heterocycles. The van der Waals surface area contributed by atoms with Gasteiger partial charge in [-0.05, 0) is 43.2 Å². The summed E-state index contributed by atoms with van der Waals surface area (Å²) in [5, 5.41) is 7.25. The van der Waals surface area contributed by atoms with Crippen LogP contribution in [-0.4, -0.2) is 28.9 Å². The highest BCUT2D eigenvalue weighted by Gasteiger charge is 2.20. The molecule has 6 nitrogen and oxygen atoms in total. The van der Waals surface area contributed by atoms with E-state index in [2.05, 4.69) is 15.8 Å². The number of fused-ring (bicyclic) bond motifs is 1. The highest BCUT2D eigenvalue weighted by molar-refractivity contribution is 6.12. The molecule has 0 radical (unpaired) electrons. The molecule has 4 aromatic rings. The molecule has 2 aromatic heterocycles. The van der Waals surface area contributed by atoms with Crippen LogP contribution in [0.3, 0.4) is 0 Å². The summed E-state index contributed by atoms with van der Waals surface area (Å²) < 4.78 is 1.87. The van der Waals surface area contributed by atoms with Gasteiger partial charge >= 0.3 is 0 Å². The Kier molecular flexibility index (Phi) is 6.12. The largest absolute Gasteiger partial charge is 0.376 e. The molecule has 0 spiro atoms. The molecule has 0 unspecified atom stereocenters. The second-order valence-electron chi connectivity index (χ2n) is 7.50. The van der Waals surface area contributed by atoms with Crippen LogP contribution in [0.25, 0.3) is 5.52 Å². The van der Waals surface area contributed by atoms with E-state index in [4.69, 9.17) is 0 Å². The van der Waals surface area contributed by atoms with Gasteiger partial charge in [0.2, 0.25) is 5.78 Å². The lowest BCUT2D eigenvalue weighted by molar-refractivity contribution is -0.119. The number of para-hydroxylation sites is 1. The van der Waals surface area contributed by atoms with E-state index in [1.54, 1.807) is 18.3 Å². The first-order chi connectivity index (χ1) is 15.6. The zero-order chi connectivity index (χ0) is 22.5. The van der Waals surface area contributed by atoms with Crippen molar-refractivity contribution in [2.75, 3.05) is 11.9 Å². The Morgan fingerprint density at radius 3 is 2.44 bits per heavy atom. The van der Waals surface area contributed by atoms with Crippen molar-refractivity contribution >= 4 is 29.1 Å². The summed E-state index contributed by atoms with van der Waals surface area (Å²) >= 11 is 0. The number of carbonyl (C=O) groups is 2. The molecule has 160 valence electrons. The molecule has 4 rings (SSSR count). The zero-order valence-electron chi connectivity index (χ0n) is 18.0. The molecule has 6 heteroatoms. The molecule has 0 bridgehead atoms. The van der Waals surface area contributed by atoms with Gasteiger partial charge in [-0.15, -0.1) is 0 Å².